The number of nitrogens with one attached hydrogen (secondary N) is 1. The highest BCUT2D eigenvalue weighted by atomic mass is 16.5. The molecule has 1 aromatic carbocycles. The van der Waals surface area contributed by atoms with E-state index in [9.17, 15) is 0 Å². The number of methoxy groups -OCH3 is 1. The number of ether oxygens (including phenoxy) is 1. The average Bonchev–Trinajstić information content (AvgIpc) is 2.26. The molecule has 0 heterocycles. The van der Waals surface area contributed by atoms with Crippen molar-refractivity contribution in [1.82, 2.24) is 5.32 Å². The van der Waals surface area contributed by atoms with Crippen LogP contribution in [0.15, 0.2) is 18.2 Å². The Morgan fingerprint density at radius 3 is 2.69 bits per heavy atom. The van der Waals surface area contributed by atoms with Crippen LogP contribution in [0.1, 0.15) is 29.5 Å². The van der Waals surface area contributed by atoms with Crippen LogP contribution in [0.25, 0.3) is 0 Å². The number of unbranched alkanes of at least 4 members (excludes halogenated alkanes) is 1. The van der Waals surface area contributed by atoms with Crippen molar-refractivity contribution in [2.75, 3.05) is 20.3 Å². The fourth-order valence-corrected chi connectivity index (χ4v) is 1.76. The minimum atomic E-state index is 0.866. The first-order chi connectivity index (χ1) is 7.74. The lowest BCUT2D eigenvalue weighted by Crippen LogP contribution is -2.15. The maximum absolute atomic E-state index is 5.01. The van der Waals surface area contributed by atoms with Crippen molar-refractivity contribution in [3.63, 3.8) is 0 Å². The highest BCUT2D eigenvalue weighted by molar-refractivity contribution is 5.30. The van der Waals surface area contributed by atoms with Gasteiger partial charge in [-0.05, 0) is 44.4 Å². The zero-order valence-corrected chi connectivity index (χ0v) is 10.7. The van der Waals surface area contributed by atoms with Crippen LogP contribution in [-0.4, -0.2) is 20.3 Å². The van der Waals surface area contributed by atoms with E-state index in [2.05, 4.69) is 37.4 Å². The molecule has 90 valence electrons. The van der Waals surface area contributed by atoms with Gasteiger partial charge in [0.15, 0.2) is 0 Å². The second-order valence-electron chi connectivity index (χ2n) is 4.31. The van der Waals surface area contributed by atoms with Gasteiger partial charge in [-0.2, -0.15) is 0 Å². The molecule has 0 aliphatic rings. The van der Waals surface area contributed by atoms with Gasteiger partial charge >= 0.3 is 0 Å². The van der Waals surface area contributed by atoms with E-state index in [0.29, 0.717) is 0 Å². The average molecular weight is 221 g/mol. The van der Waals surface area contributed by atoms with Crippen LogP contribution >= 0.6 is 0 Å². The second-order valence-corrected chi connectivity index (χ2v) is 4.31. The minimum absolute atomic E-state index is 0.866. The molecule has 0 aliphatic carbocycles. The number of hydrogen-bond acceptors (Lipinski definition) is 2. The molecule has 0 saturated carbocycles. The molecule has 0 atom stereocenters. The normalized spacial score (nSPS) is 10.7. The van der Waals surface area contributed by atoms with Gasteiger partial charge in [0.05, 0.1) is 0 Å². The lowest BCUT2D eigenvalue weighted by molar-refractivity contribution is 0.192. The van der Waals surface area contributed by atoms with Gasteiger partial charge in [0, 0.05) is 20.3 Å². The second kappa shape index (κ2) is 7.42. The summed E-state index contributed by atoms with van der Waals surface area (Å²) in [6.07, 6.45) is 2.31. The van der Waals surface area contributed by atoms with Crippen LogP contribution in [-0.2, 0) is 11.3 Å². The fraction of sp³-hybridized carbons (Fsp3) is 0.571. The molecule has 0 unspecified atom stereocenters. The van der Waals surface area contributed by atoms with Crippen LogP contribution < -0.4 is 5.32 Å². The Bertz CT molecular complexity index is 310. The molecular weight excluding hydrogens is 198 g/mol. The molecule has 0 fully saturated rings. The molecule has 16 heavy (non-hydrogen) atoms. The van der Waals surface area contributed by atoms with Crippen molar-refractivity contribution < 1.29 is 4.74 Å². The van der Waals surface area contributed by atoms with Crippen molar-refractivity contribution >= 4 is 0 Å². The maximum Gasteiger partial charge on any atom is 0.0462 e. The van der Waals surface area contributed by atoms with E-state index in [-0.39, 0.29) is 0 Å². The van der Waals surface area contributed by atoms with E-state index >= 15 is 0 Å². The van der Waals surface area contributed by atoms with Crippen LogP contribution in [0, 0.1) is 13.8 Å². The van der Waals surface area contributed by atoms with Gasteiger partial charge in [0.2, 0.25) is 0 Å². The Morgan fingerprint density at radius 1 is 1.19 bits per heavy atom. The van der Waals surface area contributed by atoms with Crippen molar-refractivity contribution in [1.29, 1.82) is 0 Å². The summed E-state index contributed by atoms with van der Waals surface area (Å²) < 4.78 is 5.01. The summed E-state index contributed by atoms with van der Waals surface area (Å²) in [6.45, 7) is 7.21. The van der Waals surface area contributed by atoms with Gasteiger partial charge in [0.1, 0.15) is 0 Å². The molecule has 0 spiro atoms. The van der Waals surface area contributed by atoms with Crippen molar-refractivity contribution in [2.45, 2.75) is 33.2 Å². The first-order valence-electron chi connectivity index (χ1n) is 6.00. The van der Waals surface area contributed by atoms with Gasteiger partial charge in [-0.15, -0.1) is 0 Å². The minimum Gasteiger partial charge on any atom is -0.385 e. The predicted molar refractivity (Wildman–Crippen MR) is 68.7 cm³/mol. The smallest absolute Gasteiger partial charge is 0.0462 e. The monoisotopic (exact) mass is 221 g/mol. The van der Waals surface area contributed by atoms with Crippen molar-refractivity contribution in [3.05, 3.63) is 34.9 Å². The molecule has 0 bridgehead atoms. The quantitative estimate of drug-likeness (QED) is 0.715. The molecule has 2 heteroatoms. The molecule has 0 radical (unpaired) electrons. The largest absolute Gasteiger partial charge is 0.385 e. The molecule has 1 rings (SSSR count). The summed E-state index contributed by atoms with van der Waals surface area (Å²) in [7, 11) is 1.75. The Balaban J connectivity index is 2.21. The number of rotatable bonds is 7. The number of benzene rings is 1. The Labute approximate surface area is 99.0 Å². The maximum atomic E-state index is 5.01. The van der Waals surface area contributed by atoms with Gasteiger partial charge in [-0.3, -0.25) is 0 Å². The third-order valence-electron chi connectivity index (χ3n) is 2.77. The van der Waals surface area contributed by atoms with Crippen LogP contribution in [0.2, 0.25) is 0 Å². The van der Waals surface area contributed by atoms with Gasteiger partial charge in [-0.1, -0.05) is 23.8 Å². The van der Waals surface area contributed by atoms with E-state index in [0.717, 1.165) is 26.1 Å². The van der Waals surface area contributed by atoms with E-state index < -0.39 is 0 Å². The van der Waals surface area contributed by atoms with Crippen molar-refractivity contribution in [3.8, 4) is 0 Å². The van der Waals surface area contributed by atoms with Gasteiger partial charge < -0.3 is 10.1 Å². The molecule has 0 aromatic heterocycles. The SMILES string of the molecule is COCCCCNCc1ccc(C)cc1C. The summed E-state index contributed by atoms with van der Waals surface area (Å²) in [4.78, 5) is 0. The summed E-state index contributed by atoms with van der Waals surface area (Å²) in [5.74, 6) is 0. The zero-order chi connectivity index (χ0) is 11.8. The van der Waals surface area contributed by atoms with E-state index in [1.165, 1.54) is 23.1 Å². The highest BCUT2D eigenvalue weighted by Gasteiger charge is 1.97. The van der Waals surface area contributed by atoms with E-state index in [1.54, 1.807) is 7.11 Å². The Kier molecular flexibility index (Phi) is 6.12. The number of hydrogen-bond donors (Lipinski definition) is 1. The topological polar surface area (TPSA) is 21.3 Å². The Morgan fingerprint density at radius 2 is 2.00 bits per heavy atom. The highest BCUT2D eigenvalue weighted by Crippen LogP contribution is 2.09. The molecule has 0 aliphatic heterocycles. The van der Waals surface area contributed by atoms with E-state index in [4.69, 9.17) is 4.74 Å². The first kappa shape index (κ1) is 13.2. The summed E-state index contributed by atoms with van der Waals surface area (Å²) in [5, 5.41) is 3.47. The summed E-state index contributed by atoms with van der Waals surface area (Å²) >= 11 is 0. The lowest BCUT2D eigenvalue weighted by Gasteiger charge is -2.08. The Hall–Kier alpha value is -0.860. The third-order valence-corrected chi connectivity index (χ3v) is 2.77. The van der Waals surface area contributed by atoms with E-state index in [1.807, 2.05) is 0 Å². The van der Waals surface area contributed by atoms with Crippen LogP contribution in [0.3, 0.4) is 0 Å². The third kappa shape index (κ3) is 4.77. The first-order valence-corrected chi connectivity index (χ1v) is 6.00. The molecular formula is C14H23NO. The molecule has 0 amide bonds. The van der Waals surface area contributed by atoms with Gasteiger partial charge in [-0.25, -0.2) is 0 Å². The summed E-state index contributed by atoms with van der Waals surface area (Å²) in [5.41, 5.74) is 4.11. The van der Waals surface area contributed by atoms with Crippen LogP contribution in [0.4, 0.5) is 0 Å². The summed E-state index contributed by atoms with van der Waals surface area (Å²) in [6, 6.07) is 6.63. The predicted octanol–water partition coefficient (Wildman–Crippen LogP) is 2.82. The van der Waals surface area contributed by atoms with Crippen LogP contribution in [0.5, 0.6) is 0 Å². The van der Waals surface area contributed by atoms with Gasteiger partial charge in [0.25, 0.3) is 0 Å². The zero-order valence-electron chi connectivity index (χ0n) is 10.7. The molecule has 0 saturated heterocycles. The number of aryl methyl sites for hydroxylation is 2. The molecule has 1 N–H and O–H groups in total. The fourth-order valence-electron chi connectivity index (χ4n) is 1.76. The standard InChI is InChI=1S/C14H23NO/c1-12-6-7-14(13(2)10-12)11-15-8-4-5-9-16-3/h6-7,10,15H,4-5,8-9,11H2,1-3H3. The molecule has 1 aromatic rings. The van der Waals surface area contributed by atoms with Crippen molar-refractivity contribution in [2.24, 2.45) is 0 Å². The lowest BCUT2D eigenvalue weighted by atomic mass is 10.1. The molecule has 2 nitrogen and oxygen atoms in total.